The minimum atomic E-state index is -1.77. The first-order chi connectivity index (χ1) is 16.2. The first kappa shape index (κ1) is 28.6. The lowest BCUT2D eigenvalue weighted by molar-refractivity contribution is -0.135. The van der Waals surface area contributed by atoms with Crippen molar-refractivity contribution >= 4 is 56.6 Å². The molecule has 0 fully saturated rings. The second-order valence-corrected chi connectivity index (χ2v) is 11.5. The van der Waals surface area contributed by atoms with Crippen molar-refractivity contribution in [3.05, 3.63) is 36.0 Å². The summed E-state index contributed by atoms with van der Waals surface area (Å²) in [6, 6.07) is 7.78. The molecule has 0 saturated heterocycles. The van der Waals surface area contributed by atoms with E-state index in [9.17, 15) is 24.3 Å². The van der Waals surface area contributed by atoms with Crippen LogP contribution in [0.4, 0.5) is 0 Å². The Morgan fingerprint density at radius 1 is 1.17 bits per heavy atom. The van der Waals surface area contributed by atoms with Crippen LogP contribution in [0.2, 0.25) is 0 Å². The number of hydrogen-bond donors (Lipinski definition) is 5. The Morgan fingerprint density at radius 3 is 2.37 bits per heavy atom. The van der Waals surface area contributed by atoms with Crippen LogP contribution in [0.1, 0.15) is 46.6 Å². The van der Waals surface area contributed by atoms with Crippen molar-refractivity contribution < 1.29 is 24.3 Å². The predicted octanol–water partition coefficient (Wildman–Crippen LogP) is 1.33. The van der Waals surface area contributed by atoms with E-state index >= 15 is 0 Å². The highest BCUT2D eigenvalue weighted by atomic mass is 32.2. The summed E-state index contributed by atoms with van der Waals surface area (Å²) in [6.07, 6.45) is 0.651. The smallest absolute Gasteiger partial charge is 0.238 e. The minimum Gasteiger partial charge on any atom is -0.391 e. The number of nitrogens with two attached hydrogens (primary N) is 1. The second kappa shape index (κ2) is 11.4. The Hall–Kier alpha value is -2.63. The Labute approximate surface area is 212 Å². The number of rotatable bonds is 12. The average Bonchev–Trinajstić information content (AvgIpc) is 3.18. The highest BCUT2D eigenvalue weighted by Gasteiger charge is 2.46. The highest BCUT2D eigenvalue weighted by Crippen LogP contribution is 2.29. The van der Waals surface area contributed by atoms with Crippen LogP contribution in [-0.2, 0) is 25.6 Å². The summed E-state index contributed by atoms with van der Waals surface area (Å²) in [5, 5.41) is 12.0. The number of carbonyl (C=O) groups is 4. The van der Waals surface area contributed by atoms with Crippen molar-refractivity contribution in [2.75, 3.05) is 0 Å². The van der Waals surface area contributed by atoms with E-state index in [1.54, 1.807) is 20.8 Å². The van der Waals surface area contributed by atoms with Gasteiger partial charge in [0.2, 0.25) is 17.7 Å². The fraction of sp³-hybridized carbons (Fsp3) is 0.500. The molecule has 0 spiro atoms. The molecular formula is C24H33N4O5SSi. The summed E-state index contributed by atoms with van der Waals surface area (Å²) in [7, 11) is 3.25. The molecule has 6 N–H and O–H groups in total. The van der Waals surface area contributed by atoms with Gasteiger partial charge in [-0.3, -0.25) is 23.9 Å². The van der Waals surface area contributed by atoms with Gasteiger partial charge in [0.1, 0.15) is 9.91 Å². The molecule has 1 aromatic heterocycles. The zero-order valence-corrected chi connectivity index (χ0v) is 22.4. The molecular weight excluding hydrogens is 484 g/mol. The summed E-state index contributed by atoms with van der Waals surface area (Å²) in [4.78, 5) is 53.7. The first-order valence-electron chi connectivity index (χ1n) is 11.3. The third-order valence-electron chi connectivity index (χ3n) is 5.87. The molecule has 0 bridgehead atoms. The zero-order chi connectivity index (χ0) is 26.6. The standard InChI is InChI=1S/C24H33N4O5SSi/c1-13(2)20(31)24(35,15(4)29)27-22(33)23(5,11-19(25)30)34-28-21(32)14(3)10-16-12-26-18-9-7-6-8-17(16)18/h6-9,12-15,26,29H,10-11H2,1-5H3,(H2,25,30)(H,27,33)(H,28,32)/t14-,15-,23-,24+/m1/s1. The lowest BCUT2D eigenvalue weighted by Gasteiger charge is -2.37. The summed E-state index contributed by atoms with van der Waals surface area (Å²) < 4.78 is 1.14. The number of benzene rings is 1. The van der Waals surface area contributed by atoms with Gasteiger partial charge in [-0.15, -0.1) is 0 Å². The topological polar surface area (TPSA) is 154 Å². The number of hydrogen-bond acceptors (Lipinski definition) is 6. The molecule has 4 atom stereocenters. The Kier molecular flexibility index (Phi) is 9.32. The lowest BCUT2D eigenvalue weighted by atomic mass is 9.95. The predicted molar refractivity (Wildman–Crippen MR) is 137 cm³/mol. The molecule has 2 aromatic rings. The van der Waals surface area contributed by atoms with Crippen LogP contribution in [0.3, 0.4) is 0 Å². The van der Waals surface area contributed by atoms with Crippen LogP contribution in [0.25, 0.3) is 10.9 Å². The zero-order valence-electron chi connectivity index (χ0n) is 20.6. The van der Waals surface area contributed by atoms with E-state index in [0.717, 1.165) is 28.4 Å². The van der Waals surface area contributed by atoms with E-state index in [4.69, 9.17) is 5.73 Å². The maximum atomic E-state index is 13.2. The molecule has 0 aliphatic heterocycles. The number of H-pyrrole nitrogens is 1. The van der Waals surface area contributed by atoms with Gasteiger partial charge >= 0.3 is 0 Å². The molecule has 0 aliphatic carbocycles. The quantitative estimate of drug-likeness (QED) is 0.211. The van der Waals surface area contributed by atoms with Crippen LogP contribution in [-0.4, -0.2) is 59.9 Å². The number of aromatic nitrogens is 1. The summed E-state index contributed by atoms with van der Waals surface area (Å²) >= 11 is 0.751. The van der Waals surface area contributed by atoms with Gasteiger partial charge in [0.15, 0.2) is 5.78 Å². The van der Waals surface area contributed by atoms with Crippen LogP contribution < -0.4 is 15.8 Å². The number of Topliss-reactive ketones (excluding diaryl/α,β-unsaturated/α-hetero) is 1. The Balaban J connectivity index is 2.15. The average molecular weight is 518 g/mol. The number of amides is 3. The second-order valence-electron chi connectivity index (χ2n) is 9.36. The van der Waals surface area contributed by atoms with E-state index in [0.29, 0.717) is 6.42 Å². The van der Waals surface area contributed by atoms with Gasteiger partial charge in [-0.2, -0.15) is 0 Å². The van der Waals surface area contributed by atoms with Crippen molar-refractivity contribution in [2.24, 2.45) is 17.6 Å². The number of ketones is 1. The number of fused-ring (bicyclic) bond motifs is 1. The van der Waals surface area contributed by atoms with Gasteiger partial charge in [0.05, 0.1) is 22.8 Å². The molecule has 0 aliphatic rings. The summed E-state index contributed by atoms with van der Waals surface area (Å²) in [5.74, 6) is -3.21. The van der Waals surface area contributed by atoms with Crippen molar-refractivity contribution in [2.45, 2.75) is 63.5 Å². The molecule has 189 valence electrons. The molecule has 9 nitrogen and oxygen atoms in total. The van der Waals surface area contributed by atoms with E-state index < -0.39 is 51.9 Å². The Morgan fingerprint density at radius 2 is 1.80 bits per heavy atom. The molecule has 0 saturated carbocycles. The van der Waals surface area contributed by atoms with E-state index in [1.165, 1.54) is 13.8 Å². The monoisotopic (exact) mass is 517 g/mol. The third-order valence-corrected chi connectivity index (χ3v) is 7.74. The number of primary amides is 1. The van der Waals surface area contributed by atoms with Gasteiger partial charge in [0.25, 0.3) is 0 Å². The normalized spacial score (nSPS) is 16.7. The molecule has 11 heteroatoms. The number of aliphatic hydroxyl groups is 1. The maximum absolute atomic E-state index is 13.2. The molecule has 2 rings (SSSR count). The SMILES string of the molecule is CC(C)C(=O)[C@]([Si])(NC(=O)[C@@](C)(CC(N)=O)SNC(=O)[C@H](C)Cc1c[nH]c2ccccc12)[C@@H](C)O. The highest BCUT2D eigenvalue weighted by molar-refractivity contribution is 8.00. The lowest BCUT2D eigenvalue weighted by Crippen LogP contribution is -2.66. The number of para-hydroxylation sites is 1. The van der Waals surface area contributed by atoms with Gasteiger partial charge in [-0.05, 0) is 43.8 Å². The van der Waals surface area contributed by atoms with Crippen molar-refractivity contribution in [1.29, 1.82) is 0 Å². The van der Waals surface area contributed by atoms with Gasteiger partial charge in [-0.25, -0.2) is 0 Å². The maximum Gasteiger partial charge on any atom is 0.238 e. The molecule has 35 heavy (non-hydrogen) atoms. The van der Waals surface area contributed by atoms with Crippen LogP contribution >= 0.6 is 11.9 Å². The summed E-state index contributed by atoms with van der Waals surface area (Å²) in [5.41, 5.74) is 7.34. The largest absolute Gasteiger partial charge is 0.391 e. The van der Waals surface area contributed by atoms with E-state index in [2.05, 4.69) is 25.3 Å². The number of aliphatic hydroxyl groups excluding tert-OH is 1. The number of nitrogens with one attached hydrogen (secondary N) is 3. The fourth-order valence-corrected chi connectivity index (χ4v) is 4.91. The number of aromatic amines is 1. The van der Waals surface area contributed by atoms with Crippen LogP contribution in [0, 0.1) is 11.8 Å². The summed E-state index contributed by atoms with van der Waals surface area (Å²) in [6.45, 7) is 7.84. The third kappa shape index (κ3) is 6.74. The van der Waals surface area contributed by atoms with E-state index in [-0.39, 0.29) is 5.91 Å². The van der Waals surface area contributed by atoms with Gasteiger partial charge in [0, 0.05) is 28.9 Å². The molecule has 3 amide bonds. The van der Waals surface area contributed by atoms with E-state index in [1.807, 2.05) is 30.5 Å². The van der Waals surface area contributed by atoms with Crippen molar-refractivity contribution in [3.63, 3.8) is 0 Å². The van der Waals surface area contributed by atoms with Gasteiger partial charge < -0.3 is 21.1 Å². The number of carbonyl (C=O) groups excluding carboxylic acids is 4. The minimum absolute atomic E-state index is 0.331. The molecule has 0 unspecified atom stereocenters. The first-order valence-corrected chi connectivity index (χ1v) is 12.6. The molecule has 3 radical (unpaired) electrons. The van der Waals surface area contributed by atoms with Crippen molar-refractivity contribution in [3.8, 4) is 0 Å². The Bertz CT molecular complexity index is 1100. The van der Waals surface area contributed by atoms with Crippen LogP contribution in [0.5, 0.6) is 0 Å². The van der Waals surface area contributed by atoms with Crippen LogP contribution in [0.15, 0.2) is 30.5 Å². The van der Waals surface area contributed by atoms with Gasteiger partial charge in [-0.1, -0.05) is 39.0 Å². The fourth-order valence-electron chi connectivity index (χ4n) is 3.62. The molecule has 1 aromatic carbocycles. The molecule has 1 heterocycles. The van der Waals surface area contributed by atoms with Crippen molar-refractivity contribution in [1.82, 2.24) is 15.0 Å².